The first kappa shape index (κ1) is 85.2. The van der Waals surface area contributed by atoms with Gasteiger partial charge in [-0.25, -0.2) is 104 Å². The molecular formula is C87H87Br3N28O5. The van der Waals surface area contributed by atoms with E-state index in [0.717, 1.165) is 107 Å². The predicted octanol–water partition coefficient (Wildman–Crippen LogP) is 15.7. The van der Waals surface area contributed by atoms with Crippen molar-refractivity contribution in [2.75, 3.05) is 23.8 Å². The number of imidazole rings is 3. The van der Waals surface area contributed by atoms with Gasteiger partial charge < -0.3 is 38.8 Å². The summed E-state index contributed by atoms with van der Waals surface area (Å²) in [6.07, 6.45) is 31.3. The Balaban J connectivity index is 0.000000127. The molecule has 0 spiro atoms. The Morgan fingerprint density at radius 1 is 0.553 bits per heavy atom. The molecule has 626 valence electrons. The molecule has 36 heteroatoms. The van der Waals surface area contributed by atoms with Crippen molar-refractivity contribution in [1.29, 1.82) is 0 Å². The van der Waals surface area contributed by atoms with Crippen LogP contribution < -0.4 is 16.0 Å². The molecule has 4 aliphatic rings. The number of rotatable bonds is 11. The average molecular weight is 1840 g/mol. The number of carbonyl (C=O) groups excluding carboxylic acids is 3. The lowest BCUT2D eigenvalue weighted by Crippen LogP contribution is -2.50. The lowest BCUT2D eigenvalue weighted by molar-refractivity contribution is -0.121. The van der Waals surface area contributed by atoms with E-state index in [2.05, 4.69) is 177 Å². The summed E-state index contributed by atoms with van der Waals surface area (Å²) in [6.45, 7) is 32.4. The van der Waals surface area contributed by atoms with E-state index in [1.807, 2.05) is 120 Å². The molecule has 3 aliphatic heterocycles. The maximum absolute atomic E-state index is 13.0. The lowest BCUT2D eigenvalue weighted by atomic mass is 9.92. The number of hydrogen-bond acceptors (Lipinski definition) is 26. The maximum atomic E-state index is 13.0. The Kier molecular flexibility index (Phi) is 24.0. The van der Waals surface area contributed by atoms with Crippen LogP contribution >= 0.6 is 48.8 Å². The van der Waals surface area contributed by atoms with Crippen molar-refractivity contribution in [3.05, 3.63) is 197 Å². The van der Waals surface area contributed by atoms with E-state index in [-0.39, 0.29) is 34.8 Å². The number of anilines is 2. The van der Waals surface area contributed by atoms with E-state index in [4.69, 9.17) is 24.4 Å². The molecule has 1 fully saturated rings. The number of halogens is 3. The number of carbonyl (C=O) groups is 3. The van der Waals surface area contributed by atoms with Crippen LogP contribution in [0.2, 0.25) is 0 Å². The van der Waals surface area contributed by atoms with Gasteiger partial charge in [-0.2, -0.15) is 0 Å². The summed E-state index contributed by atoms with van der Waals surface area (Å²) < 4.78 is 18.7. The topological polar surface area (TPSA) is 399 Å². The molecular weight excluding hydrogens is 1760 g/mol. The summed E-state index contributed by atoms with van der Waals surface area (Å²) in [4.78, 5) is 131. The summed E-state index contributed by atoms with van der Waals surface area (Å²) in [5.74, 6) is 5.09. The first-order valence-electron chi connectivity index (χ1n) is 39.7. The smallest absolute Gasteiger partial charge is 0.420 e. The second-order valence-electron chi connectivity index (χ2n) is 31.1. The van der Waals surface area contributed by atoms with E-state index in [1.165, 1.54) is 56.9 Å². The third-order valence-electron chi connectivity index (χ3n) is 21.3. The summed E-state index contributed by atoms with van der Waals surface area (Å²) in [5, 5.41) is 11.2. The molecule has 0 aromatic carbocycles. The number of fused-ring (bicyclic) bond motifs is 8. The van der Waals surface area contributed by atoms with Crippen LogP contribution in [0.25, 0.3) is 129 Å². The molecule has 16 aromatic rings. The van der Waals surface area contributed by atoms with Crippen LogP contribution in [0, 0.1) is 41.5 Å². The van der Waals surface area contributed by atoms with Gasteiger partial charge in [0.1, 0.15) is 126 Å². The normalized spacial score (nSPS) is 16.1. The molecule has 123 heavy (non-hydrogen) atoms. The number of allylic oxidation sites excluding steroid dienone is 2. The molecule has 19 heterocycles. The lowest BCUT2D eigenvalue weighted by Gasteiger charge is -2.27. The van der Waals surface area contributed by atoms with Crippen LogP contribution in [-0.2, 0) is 55.0 Å². The van der Waals surface area contributed by atoms with Gasteiger partial charge in [0, 0.05) is 162 Å². The van der Waals surface area contributed by atoms with Gasteiger partial charge in [-0.15, -0.1) is 17.0 Å². The highest BCUT2D eigenvalue weighted by Gasteiger charge is 2.46. The molecule has 33 nitrogen and oxygen atoms in total. The summed E-state index contributed by atoms with van der Waals surface area (Å²) in [6, 6.07) is 10.2. The van der Waals surface area contributed by atoms with Gasteiger partial charge in [0.05, 0.1) is 29.0 Å². The minimum atomic E-state index is -0.921. The van der Waals surface area contributed by atoms with Gasteiger partial charge in [0.2, 0.25) is 11.8 Å². The van der Waals surface area contributed by atoms with Crippen LogP contribution in [0.5, 0.6) is 0 Å². The van der Waals surface area contributed by atoms with Crippen LogP contribution in [0.4, 0.5) is 16.4 Å². The van der Waals surface area contributed by atoms with E-state index >= 15 is 0 Å². The van der Waals surface area contributed by atoms with Gasteiger partial charge in [0.15, 0.2) is 16.9 Å². The number of ether oxygens (including phenoxy) is 2. The van der Waals surface area contributed by atoms with E-state index in [0.29, 0.717) is 107 Å². The Bertz CT molecular complexity index is 6810. The highest BCUT2D eigenvalue weighted by molar-refractivity contribution is 9.10. The third-order valence-corrected chi connectivity index (χ3v) is 22.6. The van der Waals surface area contributed by atoms with Crippen molar-refractivity contribution in [3.63, 3.8) is 0 Å². The Morgan fingerprint density at radius 2 is 1.03 bits per heavy atom. The highest BCUT2D eigenvalue weighted by atomic mass is 79.9. The summed E-state index contributed by atoms with van der Waals surface area (Å²) >= 11 is 6.88. The molecule has 1 saturated heterocycles. The fraction of sp³-hybridized carbons (Fsp3) is 0.299. The van der Waals surface area contributed by atoms with Gasteiger partial charge in [0.25, 0.3) is 0 Å². The van der Waals surface area contributed by atoms with Crippen molar-refractivity contribution in [3.8, 4) is 67.9 Å². The monoisotopic (exact) mass is 1840 g/mol. The van der Waals surface area contributed by atoms with Gasteiger partial charge in [-0.1, -0.05) is 22.0 Å². The van der Waals surface area contributed by atoms with Gasteiger partial charge in [-0.05, 0) is 184 Å². The van der Waals surface area contributed by atoms with Crippen LogP contribution in [0.15, 0.2) is 140 Å². The molecule has 2 amide bonds. The van der Waals surface area contributed by atoms with Crippen molar-refractivity contribution >= 4 is 140 Å². The number of hydrogen-bond donors (Lipinski definition) is 4. The molecule has 16 aromatic heterocycles. The van der Waals surface area contributed by atoms with Crippen molar-refractivity contribution in [1.82, 2.24) is 128 Å². The van der Waals surface area contributed by atoms with E-state index < -0.39 is 21.6 Å². The molecule has 4 N–H and O–H groups in total. The number of pyridine rings is 5. The number of nitrogens with zero attached hydrogens (tertiary/aromatic N) is 24. The zero-order valence-electron chi connectivity index (χ0n) is 70.2. The number of aryl methyl sites for hydroxylation is 9. The Labute approximate surface area is 733 Å². The molecule has 2 unspecified atom stereocenters. The first-order chi connectivity index (χ1) is 58.6. The average Bonchev–Trinajstić information content (AvgIpc) is 1.61. The van der Waals surface area contributed by atoms with Crippen molar-refractivity contribution in [2.45, 2.75) is 158 Å². The number of alkyl halides is 1. The predicted molar refractivity (Wildman–Crippen MR) is 480 cm³/mol. The maximum Gasteiger partial charge on any atom is 0.420 e. The van der Waals surface area contributed by atoms with Crippen LogP contribution in [0.1, 0.15) is 125 Å². The molecule has 0 radical (unpaired) electrons. The second kappa shape index (κ2) is 34.6. The molecule has 20 rings (SSSR count). The number of nitrogens with one attached hydrogen (secondary N) is 4. The zero-order chi connectivity index (χ0) is 85.8. The number of amides is 2. The van der Waals surface area contributed by atoms with E-state index in [1.54, 1.807) is 75.1 Å². The van der Waals surface area contributed by atoms with Crippen LogP contribution in [-0.4, -0.2) is 166 Å². The second-order valence-corrected chi connectivity index (χ2v) is 33.6. The number of aromatic amines is 1. The Morgan fingerprint density at radius 3 is 1.53 bits per heavy atom. The minimum absolute atomic E-state index is 0. The third kappa shape index (κ3) is 16.8. The number of aromatic nitrogens is 25. The molecule has 0 saturated carbocycles. The molecule has 0 bridgehead atoms. The number of H-pyrrole nitrogens is 1. The standard InChI is InChI=1S/C25H26N8O2.C24H25N9O2.C20H17BrN8O.C10H11N.C8H7BrN2.BrH/c1-7-32-21(17-10-26-15(3)27-11-17)31-20-19(29-13-30-23(20)32)16-8-18-14(2)12-33(22(18)28-9-16)24(34)35-25(4,5)6;1-4-33-21(15-9-25-13(2)26-10-15)30-19-18(28-12-29-22(19)33)14-7-17-20(27-8-14)31-23(34)24(17,3)32-16-5-6-35-11-16;1-4-29-17(12-7-22-10(2)23-8-12)27-15-14(25-9-26-18(15)29)11-5-13-16(24-6-11)28-19(30)20(13,3)21;1-7-5-9-8(2)3-4-10(9)11-6-7;1-5-3-10-8-7(5)2-6(9)4-11-8;/h8-13H,7H2,1-6H3;7-10,12,16,32H,4-6,11H2,1-3H3,(H,27,31,34);5-9H,4H2,1-3H3,(H,24,28,30);3,5-6H,4H2,1-2H3;2-4H,1H3,(H,10,11);1H/t;16-,24?;;;;/m.0..../s1. The van der Waals surface area contributed by atoms with Crippen molar-refractivity contribution < 1.29 is 23.9 Å². The fourth-order valence-electron chi connectivity index (χ4n) is 15.0. The van der Waals surface area contributed by atoms with E-state index in [9.17, 15) is 14.4 Å². The molecule has 3 atom stereocenters. The van der Waals surface area contributed by atoms with Crippen molar-refractivity contribution in [2.24, 2.45) is 0 Å². The minimum Gasteiger partial charge on any atom is -0.443 e. The zero-order valence-corrected chi connectivity index (χ0v) is 75.1. The first-order valence-corrected chi connectivity index (χ1v) is 41.3. The molecule has 1 aliphatic carbocycles. The highest BCUT2D eigenvalue weighted by Crippen LogP contribution is 2.44. The fourth-order valence-corrected chi connectivity index (χ4v) is 15.7. The summed E-state index contributed by atoms with van der Waals surface area (Å²) in [5.41, 5.74) is 19.6. The quantitative estimate of drug-likeness (QED) is 0.0874. The SMILES string of the molecule is Br.CC1=CCc2ncc(C)cc21.CCn1c(-c2cnc(C)nc2)nc2c(-c3cnc4c(c3)C(C)(Br)C(=O)N4)ncnc21.CCn1c(-c2cnc(C)nc2)nc2c(-c3cnc4c(c3)C(C)(N[C@H]3CCOC3)C(=O)N4)ncnc21.CCn1c(-c2cnc(C)nc2)nc2c(-c3cnc4c(c3)c(C)cn4C(=O)OC(C)(C)C)ncnc21.Cc1c[nH]c2ncc(Br)cc12. The summed E-state index contributed by atoms with van der Waals surface area (Å²) in [7, 11) is 0. The largest absolute Gasteiger partial charge is 0.443 e. The van der Waals surface area contributed by atoms with Crippen LogP contribution in [0.3, 0.4) is 0 Å². The van der Waals surface area contributed by atoms with Gasteiger partial charge >= 0.3 is 6.09 Å². The van der Waals surface area contributed by atoms with Gasteiger partial charge in [-0.3, -0.25) is 19.9 Å². The Hall–Kier alpha value is -12.8.